The Morgan fingerprint density at radius 2 is 2.17 bits per heavy atom. The fourth-order valence-corrected chi connectivity index (χ4v) is 3.81. The van der Waals surface area contributed by atoms with Crippen molar-refractivity contribution in [2.24, 2.45) is 11.1 Å². The third kappa shape index (κ3) is 5.06. The predicted octanol–water partition coefficient (Wildman–Crippen LogP) is 2.76. The van der Waals surface area contributed by atoms with Gasteiger partial charge in [-0.25, -0.2) is 9.02 Å². The van der Waals surface area contributed by atoms with Crippen LogP contribution in [0.4, 0.5) is 4.39 Å². The summed E-state index contributed by atoms with van der Waals surface area (Å²) in [6.45, 7) is 2.54. The van der Waals surface area contributed by atoms with E-state index >= 15 is 0 Å². The Bertz CT molecular complexity index is 946. The monoisotopic (exact) mass is 466 g/mol. The molecule has 1 fully saturated rings. The molecule has 29 heavy (non-hydrogen) atoms. The number of rotatable bonds is 6. The van der Waals surface area contributed by atoms with Crippen LogP contribution in [-0.2, 0) is 22.4 Å². The van der Waals surface area contributed by atoms with E-state index in [9.17, 15) is 19.2 Å². The second-order valence-corrected chi connectivity index (χ2v) is 7.83. The first-order valence-corrected chi connectivity index (χ1v) is 9.93. The van der Waals surface area contributed by atoms with Gasteiger partial charge < -0.3 is 10.1 Å². The summed E-state index contributed by atoms with van der Waals surface area (Å²) in [4.78, 5) is 26.0. The molecule has 1 aromatic heterocycles. The summed E-state index contributed by atoms with van der Waals surface area (Å²) in [5.74, 6) is -0.807. The quantitative estimate of drug-likeness (QED) is 0.398. The van der Waals surface area contributed by atoms with Crippen LogP contribution in [0.25, 0.3) is 0 Å². The molecule has 0 radical (unpaired) electrons. The lowest BCUT2D eigenvalue weighted by atomic mass is 9.90. The zero-order valence-corrected chi connectivity index (χ0v) is 17.4. The summed E-state index contributed by atoms with van der Waals surface area (Å²) < 4.78 is 18.5. The van der Waals surface area contributed by atoms with Crippen molar-refractivity contribution < 1.29 is 23.8 Å². The molecule has 1 aromatic carbocycles. The van der Waals surface area contributed by atoms with Crippen LogP contribution < -0.4 is 0 Å². The van der Waals surface area contributed by atoms with Crippen LogP contribution in [0.5, 0.6) is 0 Å². The fourth-order valence-electron chi connectivity index (χ4n) is 3.39. The molecule has 8 nitrogen and oxygen atoms in total. The molecule has 1 aliphatic heterocycles. The van der Waals surface area contributed by atoms with Gasteiger partial charge in [0.15, 0.2) is 5.69 Å². The second kappa shape index (κ2) is 9.25. The maximum Gasteiger partial charge on any atom is 0.219 e. The van der Waals surface area contributed by atoms with Crippen LogP contribution in [0, 0.1) is 11.7 Å². The summed E-state index contributed by atoms with van der Waals surface area (Å²) in [5, 5.41) is 20.3. The first-order valence-electron chi connectivity index (χ1n) is 9.14. The van der Waals surface area contributed by atoms with Gasteiger partial charge >= 0.3 is 0 Å². The number of Topliss-reactive ketones (excluding diaryl/α,β-unsaturated/α-hetero) is 1. The Morgan fingerprint density at radius 3 is 2.86 bits per heavy atom. The minimum atomic E-state index is -0.405. The number of nitrogens with zero attached hydrogens (tertiary/aromatic N) is 4. The maximum atomic E-state index is 13.4. The highest BCUT2D eigenvalue weighted by molar-refractivity contribution is 9.10. The van der Waals surface area contributed by atoms with Crippen molar-refractivity contribution in [2.75, 3.05) is 13.1 Å². The van der Waals surface area contributed by atoms with Crippen molar-refractivity contribution in [2.45, 2.75) is 32.6 Å². The van der Waals surface area contributed by atoms with Gasteiger partial charge in [0.05, 0.1) is 10.9 Å². The van der Waals surface area contributed by atoms with Crippen LogP contribution >= 0.6 is 15.9 Å². The molecule has 0 aliphatic carbocycles. The highest BCUT2D eigenvalue weighted by Gasteiger charge is 2.29. The third-order valence-corrected chi connectivity index (χ3v) is 5.58. The number of hydrogen-bond acceptors (Lipinski definition) is 7. The number of aromatic nitrogens is 2. The van der Waals surface area contributed by atoms with Crippen molar-refractivity contribution in [3.05, 3.63) is 45.4 Å². The summed E-state index contributed by atoms with van der Waals surface area (Å²) >= 11 is 3.12. The van der Waals surface area contributed by atoms with Crippen molar-refractivity contribution in [3.8, 4) is 0 Å². The maximum absolute atomic E-state index is 13.4. The van der Waals surface area contributed by atoms with Gasteiger partial charge in [0, 0.05) is 32.4 Å². The van der Waals surface area contributed by atoms with Gasteiger partial charge in [-0.2, -0.15) is 0 Å². The van der Waals surface area contributed by atoms with E-state index in [1.165, 1.54) is 13.0 Å². The highest BCUT2D eigenvalue weighted by atomic mass is 79.9. The molecule has 0 saturated carbocycles. The van der Waals surface area contributed by atoms with Crippen molar-refractivity contribution in [3.63, 3.8) is 0 Å². The molecule has 10 heteroatoms. The first kappa shape index (κ1) is 21.1. The van der Waals surface area contributed by atoms with Gasteiger partial charge in [-0.1, -0.05) is 16.4 Å². The van der Waals surface area contributed by atoms with E-state index in [0.29, 0.717) is 25.1 Å². The zero-order chi connectivity index (χ0) is 21.0. The lowest BCUT2D eigenvalue weighted by Crippen LogP contribution is -2.41. The molecular weight excluding hydrogens is 447 g/mol. The number of carbonyl (C=O) groups excluding carboxylic acids is 2. The van der Waals surface area contributed by atoms with E-state index in [1.54, 1.807) is 17.0 Å². The molecule has 0 spiro atoms. The number of hydrogen-bond donors (Lipinski definition) is 1. The third-order valence-electron chi connectivity index (χ3n) is 4.97. The molecule has 1 amide bonds. The second-order valence-electron chi connectivity index (χ2n) is 6.98. The van der Waals surface area contributed by atoms with Crippen LogP contribution in [0.3, 0.4) is 0 Å². The average Bonchev–Trinajstić information content (AvgIpc) is 3.16. The van der Waals surface area contributed by atoms with Crippen molar-refractivity contribution >= 4 is 33.3 Å². The topological polar surface area (TPSA) is 109 Å². The molecule has 0 bridgehead atoms. The largest absolute Gasteiger partial charge is 0.411 e. The van der Waals surface area contributed by atoms with Crippen molar-refractivity contribution in [1.29, 1.82) is 0 Å². The normalized spacial score (nSPS) is 17.4. The Labute approximate surface area is 174 Å². The van der Waals surface area contributed by atoms with Crippen molar-refractivity contribution in [1.82, 2.24) is 15.2 Å². The van der Waals surface area contributed by atoms with E-state index in [1.807, 2.05) is 0 Å². The minimum absolute atomic E-state index is 0.0403. The summed E-state index contributed by atoms with van der Waals surface area (Å²) in [6.07, 6.45) is 1.57. The Morgan fingerprint density at radius 1 is 1.38 bits per heavy atom. The van der Waals surface area contributed by atoms with E-state index in [0.717, 1.165) is 6.42 Å². The summed E-state index contributed by atoms with van der Waals surface area (Å²) in [5.41, 5.74) is 1.28. The predicted molar refractivity (Wildman–Crippen MR) is 104 cm³/mol. The van der Waals surface area contributed by atoms with E-state index in [2.05, 4.69) is 31.4 Å². The molecule has 2 heterocycles. The van der Waals surface area contributed by atoms with Gasteiger partial charge in [-0.15, -0.1) is 0 Å². The number of benzene rings is 1. The molecule has 1 aliphatic rings. The number of oxime groups is 1. The number of ketones is 1. The molecule has 1 atom stereocenters. The Balaban J connectivity index is 1.72. The molecular formula is C19H20BrFN4O4. The van der Waals surface area contributed by atoms with Crippen LogP contribution in [0.1, 0.15) is 36.7 Å². The molecule has 1 N–H and O–H groups in total. The Kier molecular flexibility index (Phi) is 6.73. The number of halogens is 2. The molecule has 3 rings (SSSR count). The van der Waals surface area contributed by atoms with Gasteiger partial charge in [0.25, 0.3) is 0 Å². The Hall–Kier alpha value is -2.62. The smallest absolute Gasteiger partial charge is 0.219 e. The van der Waals surface area contributed by atoms with E-state index < -0.39 is 5.82 Å². The van der Waals surface area contributed by atoms with Crippen LogP contribution in [0.15, 0.2) is 32.5 Å². The standard InChI is InChI=1S/C19H20BrFN4O4/c1-11(26)25-6-2-3-13(10-25)18(27)9-17-19(24-29-23-17)16(22-28)8-12-4-5-15(21)14(20)7-12/h4-5,7,13,28H,2-3,6,8-10H2,1H3/b22-16+. The van der Waals surface area contributed by atoms with Gasteiger partial charge in [0.2, 0.25) is 5.91 Å². The molecule has 1 saturated heterocycles. The first-order chi connectivity index (χ1) is 13.9. The number of likely N-dealkylation sites (tertiary alicyclic amines) is 1. The highest BCUT2D eigenvalue weighted by Crippen LogP contribution is 2.21. The molecule has 1 unspecified atom stereocenters. The molecule has 154 valence electrons. The van der Waals surface area contributed by atoms with Gasteiger partial charge in [-0.05, 0) is 51.6 Å². The fraction of sp³-hybridized carbons (Fsp3) is 0.421. The number of amides is 1. The van der Waals surface area contributed by atoms with Crippen LogP contribution in [0.2, 0.25) is 0 Å². The minimum Gasteiger partial charge on any atom is -0.411 e. The van der Waals surface area contributed by atoms with Crippen LogP contribution in [-0.4, -0.2) is 50.9 Å². The van der Waals surface area contributed by atoms with Gasteiger partial charge in [-0.3, -0.25) is 9.59 Å². The average molecular weight is 467 g/mol. The SMILES string of the molecule is CC(=O)N1CCCC(C(=O)Cc2nonc2/C(Cc2ccc(F)c(Br)c2)=N/O)C1. The molecule has 2 aromatic rings. The lowest BCUT2D eigenvalue weighted by Gasteiger charge is -2.31. The lowest BCUT2D eigenvalue weighted by molar-refractivity contribution is -0.133. The van der Waals surface area contributed by atoms with Gasteiger partial charge in [0.1, 0.15) is 23.0 Å². The summed E-state index contributed by atoms with van der Waals surface area (Å²) in [7, 11) is 0. The number of carbonyl (C=O) groups is 2. The van der Waals surface area contributed by atoms with E-state index in [-0.39, 0.29) is 52.0 Å². The summed E-state index contributed by atoms with van der Waals surface area (Å²) in [6, 6.07) is 4.42. The zero-order valence-electron chi connectivity index (χ0n) is 15.8. The number of piperidine rings is 1. The van der Waals surface area contributed by atoms with E-state index in [4.69, 9.17) is 4.63 Å².